The summed E-state index contributed by atoms with van der Waals surface area (Å²) in [4.78, 5) is 0. The van der Waals surface area contributed by atoms with Gasteiger partial charge in [0, 0.05) is 0 Å². The highest BCUT2D eigenvalue weighted by Crippen LogP contribution is 2.48. The lowest BCUT2D eigenvalue weighted by molar-refractivity contribution is 0.151. The molecule has 1 aromatic carbocycles. The Morgan fingerprint density at radius 2 is 2.07 bits per heavy atom. The van der Waals surface area contributed by atoms with Crippen LogP contribution in [0.1, 0.15) is 18.4 Å². The minimum absolute atomic E-state index is 0.0699. The summed E-state index contributed by atoms with van der Waals surface area (Å²) in [7, 11) is 1.49. The van der Waals surface area contributed by atoms with E-state index in [1.54, 1.807) is 12.1 Å². The van der Waals surface area contributed by atoms with Crippen LogP contribution in [-0.2, 0) is 5.60 Å². The number of benzene rings is 1. The number of ether oxygens (including phenoxy) is 1. The van der Waals surface area contributed by atoms with Crippen LogP contribution in [0.15, 0.2) is 16.6 Å². The first-order valence-electron chi connectivity index (χ1n) is 4.36. The molecule has 0 amide bonds. The van der Waals surface area contributed by atoms with Gasteiger partial charge >= 0.3 is 0 Å². The average Bonchev–Trinajstić information content (AvgIpc) is 2.89. The molecule has 2 N–H and O–H groups in total. The molecule has 76 valence electrons. The van der Waals surface area contributed by atoms with Crippen LogP contribution in [0.4, 0.5) is 0 Å². The number of hydrogen-bond donors (Lipinski definition) is 2. The Hall–Kier alpha value is -0.740. The number of phenols is 1. The van der Waals surface area contributed by atoms with Crippen molar-refractivity contribution in [2.45, 2.75) is 18.4 Å². The van der Waals surface area contributed by atoms with Crippen LogP contribution in [0.25, 0.3) is 0 Å². The highest BCUT2D eigenvalue weighted by atomic mass is 79.9. The van der Waals surface area contributed by atoms with Crippen LogP contribution >= 0.6 is 15.9 Å². The van der Waals surface area contributed by atoms with Gasteiger partial charge in [0.15, 0.2) is 11.5 Å². The first kappa shape index (κ1) is 9.80. The van der Waals surface area contributed by atoms with Gasteiger partial charge in [-0.15, -0.1) is 0 Å². The third kappa shape index (κ3) is 1.48. The van der Waals surface area contributed by atoms with Gasteiger partial charge in [-0.3, -0.25) is 0 Å². The van der Waals surface area contributed by atoms with Gasteiger partial charge in [0.1, 0.15) is 0 Å². The monoisotopic (exact) mass is 258 g/mol. The molecule has 1 aliphatic rings. The van der Waals surface area contributed by atoms with E-state index in [1.807, 2.05) is 0 Å². The molecule has 4 heteroatoms. The first-order valence-corrected chi connectivity index (χ1v) is 5.15. The molecular formula is C10H11BrO3. The molecule has 0 atom stereocenters. The predicted molar refractivity (Wildman–Crippen MR) is 55.5 cm³/mol. The van der Waals surface area contributed by atoms with Crippen molar-refractivity contribution in [1.82, 2.24) is 0 Å². The number of rotatable bonds is 2. The fourth-order valence-electron chi connectivity index (χ4n) is 1.41. The summed E-state index contributed by atoms with van der Waals surface area (Å²) in [5, 5.41) is 19.4. The predicted octanol–water partition coefficient (Wildman–Crippen LogP) is 2.14. The smallest absolute Gasteiger partial charge is 0.172 e. The Morgan fingerprint density at radius 3 is 2.57 bits per heavy atom. The summed E-state index contributed by atoms with van der Waals surface area (Å²) >= 11 is 3.22. The fourth-order valence-corrected chi connectivity index (χ4v) is 1.85. The zero-order chi connectivity index (χ0) is 10.3. The number of halogens is 1. The van der Waals surface area contributed by atoms with Crippen LogP contribution in [-0.4, -0.2) is 17.3 Å². The molecule has 0 aromatic heterocycles. The second-order valence-corrected chi connectivity index (χ2v) is 4.39. The van der Waals surface area contributed by atoms with Gasteiger partial charge in [0.2, 0.25) is 0 Å². The summed E-state index contributed by atoms with van der Waals surface area (Å²) in [5.74, 6) is 0.454. The van der Waals surface area contributed by atoms with E-state index in [4.69, 9.17) is 4.74 Å². The molecule has 0 bridgehead atoms. The highest BCUT2D eigenvalue weighted by Gasteiger charge is 2.42. The Kier molecular flexibility index (Phi) is 2.20. The van der Waals surface area contributed by atoms with E-state index in [9.17, 15) is 10.2 Å². The summed E-state index contributed by atoms with van der Waals surface area (Å²) < 4.78 is 5.55. The SMILES string of the molecule is COc1cc(C2(O)CC2)cc(Br)c1O. The molecule has 1 aliphatic carbocycles. The molecule has 1 saturated carbocycles. The zero-order valence-electron chi connectivity index (χ0n) is 7.75. The maximum absolute atomic E-state index is 9.88. The number of methoxy groups -OCH3 is 1. The van der Waals surface area contributed by atoms with Crippen LogP contribution in [0.2, 0.25) is 0 Å². The number of phenolic OH excluding ortho intramolecular Hbond substituents is 1. The van der Waals surface area contributed by atoms with E-state index in [0.29, 0.717) is 10.2 Å². The van der Waals surface area contributed by atoms with E-state index in [-0.39, 0.29) is 5.75 Å². The third-order valence-corrected chi connectivity index (χ3v) is 3.11. The van der Waals surface area contributed by atoms with Crippen molar-refractivity contribution in [3.63, 3.8) is 0 Å². The molecule has 1 aromatic rings. The second kappa shape index (κ2) is 3.14. The van der Waals surface area contributed by atoms with E-state index in [1.165, 1.54) is 7.11 Å². The van der Waals surface area contributed by atoms with Crippen molar-refractivity contribution in [2.75, 3.05) is 7.11 Å². The standard InChI is InChI=1S/C10H11BrO3/c1-14-8-5-6(10(13)2-3-10)4-7(11)9(8)12/h4-5,12-13H,2-3H2,1H3. The minimum atomic E-state index is -0.705. The Morgan fingerprint density at radius 1 is 1.43 bits per heavy atom. The lowest BCUT2D eigenvalue weighted by Gasteiger charge is -2.12. The van der Waals surface area contributed by atoms with Gasteiger partial charge in [0.25, 0.3) is 0 Å². The van der Waals surface area contributed by atoms with Crippen LogP contribution in [0.3, 0.4) is 0 Å². The maximum Gasteiger partial charge on any atom is 0.172 e. The minimum Gasteiger partial charge on any atom is -0.503 e. The molecule has 14 heavy (non-hydrogen) atoms. The van der Waals surface area contributed by atoms with Crippen LogP contribution in [0.5, 0.6) is 11.5 Å². The van der Waals surface area contributed by atoms with Crippen molar-refractivity contribution in [3.05, 3.63) is 22.2 Å². The van der Waals surface area contributed by atoms with Gasteiger partial charge in [-0.25, -0.2) is 0 Å². The third-order valence-electron chi connectivity index (χ3n) is 2.51. The van der Waals surface area contributed by atoms with Gasteiger partial charge < -0.3 is 14.9 Å². The van der Waals surface area contributed by atoms with Gasteiger partial charge in [-0.1, -0.05) is 0 Å². The lowest BCUT2D eigenvalue weighted by Crippen LogP contribution is -2.04. The normalized spacial score (nSPS) is 17.9. The van der Waals surface area contributed by atoms with Gasteiger partial charge in [-0.05, 0) is 46.5 Å². The fraction of sp³-hybridized carbons (Fsp3) is 0.400. The summed E-state index contributed by atoms with van der Waals surface area (Å²) in [5.41, 5.74) is 0.0859. The van der Waals surface area contributed by atoms with E-state index < -0.39 is 5.60 Å². The molecule has 0 radical (unpaired) electrons. The molecule has 2 rings (SSSR count). The summed E-state index contributed by atoms with van der Waals surface area (Å²) in [6, 6.07) is 3.40. The average molecular weight is 259 g/mol. The maximum atomic E-state index is 9.88. The Bertz CT molecular complexity index is 372. The molecule has 0 saturated heterocycles. The van der Waals surface area contributed by atoms with E-state index in [0.717, 1.165) is 18.4 Å². The molecule has 1 fully saturated rings. The van der Waals surface area contributed by atoms with Crippen molar-refractivity contribution in [1.29, 1.82) is 0 Å². The van der Waals surface area contributed by atoms with Crippen LogP contribution in [0, 0.1) is 0 Å². The van der Waals surface area contributed by atoms with Gasteiger partial charge in [0.05, 0.1) is 17.2 Å². The number of aliphatic hydroxyl groups is 1. The Labute approximate surface area is 90.5 Å². The van der Waals surface area contributed by atoms with E-state index >= 15 is 0 Å². The number of aromatic hydroxyl groups is 1. The quantitative estimate of drug-likeness (QED) is 0.855. The van der Waals surface area contributed by atoms with Crippen molar-refractivity contribution in [3.8, 4) is 11.5 Å². The lowest BCUT2D eigenvalue weighted by atomic mass is 10.1. The van der Waals surface area contributed by atoms with Crippen molar-refractivity contribution < 1.29 is 14.9 Å². The molecule has 0 unspecified atom stereocenters. The van der Waals surface area contributed by atoms with Crippen molar-refractivity contribution in [2.24, 2.45) is 0 Å². The first-order chi connectivity index (χ1) is 6.57. The van der Waals surface area contributed by atoms with Crippen LogP contribution < -0.4 is 4.74 Å². The summed E-state index contributed by atoms with van der Waals surface area (Å²) in [6.45, 7) is 0. The molecule has 0 spiro atoms. The molecule has 3 nitrogen and oxygen atoms in total. The van der Waals surface area contributed by atoms with Gasteiger partial charge in [-0.2, -0.15) is 0 Å². The molecule has 0 heterocycles. The topological polar surface area (TPSA) is 49.7 Å². The van der Waals surface area contributed by atoms with Crippen molar-refractivity contribution >= 4 is 15.9 Å². The zero-order valence-corrected chi connectivity index (χ0v) is 9.34. The highest BCUT2D eigenvalue weighted by molar-refractivity contribution is 9.10. The number of hydrogen-bond acceptors (Lipinski definition) is 3. The molecular weight excluding hydrogens is 248 g/mol. The molecule has 0 aliphatic heterocycles. The van der Waals surface area contributed by atoms with E-state index in [2.05, 4.69) is 15.9 Å². The summed E-state index contributed by atoms with van der Waals surface area (Å²) in [6.07, 6.45) is 1.54. The second-order valence-electron chi connectivity index (χ2n) is 3.54. The Balaban J connectivity index is 2.48. The largest absolute Gasteiger partial charge is 0.503 e.